The largest absolute Gasteiger partial charge is 0.496 e. The number of pyridine rings is 1. The molecule has 0 aliphatic heterocycles. The first kappa shape index (κ1) is 19.1. The molecule has 29 heavy (non-hydrogen) atoms. The minimum Gasteiger partial charge on any atom is -0.496 e. The SMILES string of the molecule is COc1cc(OC)c(CNC(=O)c2c3c(nc4ccccc24)CCC3)c(OC)c1. The van der Waals surface area contributed by atoms with Crippen LogP contribution in [0, 0.1) is 0 Å². The van der Waals surface area contributed by atoms with E-state index in [0.29, 0.717) is 17.2 Å². The summed E-state index contributed by atoms with van der Waals surface area (Å²) in [6.45, 7) is 0.278. The highest BCUT2D eigenvalue weighted by Gasteiger charge is 2.24. The second-order valence-electron chi connectivity index (χ2n) is 6.98. The molecule has 150 valence electrons. The summed E-state index contributed by atoms with van der Waals surface area (Å²) >= 11 is 0. The second kappa shape index (κ2) is 7.99. The number of hydrogen-bond donors (Lipinski definition) is 1. The Morgan fingerprint density at radius 1 is 1.03 bits per heavy atom. The maximum atomic E-state index is 13.3. The van der Waals surface area contributed by atoms with Gasteiger partial charge in [0.2, 0.25) is 0 Å². The summed E-state index contributed by atoms with van der Waals surface area (Å²) in [7, 11) is 4.76. The van der Waals surface area contributed by atoms with Gasteiger partial charge in [0.25, 0.3) is 5.91 Å². The van der Waals surface area contributed by atoms with Crippen molar-refractivity contribution in [2.75, 3.05) is 21.3 Å². The van der Waals surface area contributed by atoms with Crippen LogP contribution >= 0.6 is 0 Å². The van der Waals surface area contributed by atoms with Crippen molar-refractivity contribution < 1.29 is 19.0 Å². The van der Waals surface area contributed by atoms with E-state index in [4.69, 9.17) is 19.2 Å². The van der Waals surface area contributed by atoms with Gasteiger partial charge in [-0.1, -0.05) is 18.2 Å². The molecule has 1 heterocycles. The lowest BCUT2D eigenvalue weighted by atomic mass is 10.0. The fraction of sp³-hybridized carbons (Fsp3) is 0.304. The number of carbonyl (C=O) groups excluding carboxylic acids is 1. The van der Waals surface area contributed by atoms with E-state index in [0.717, 1.165) is 52.5 Å². The van der Waals surface area contributed by atoms with Crippen LogP contribution in [0.1, 0.15) is 33.6 Å². The zero-order chi connectivity index (χ0) is 20.4. The number of aryl methyl sites for hydroxylation is 1. The minimum atomic E-state index is -0.110. The van der Waals surface area contributed by atoms with Crippen LogP contribution in [0.15, 0.2) is 36.4 Å². The number of nitrogens with one attached hydrogen (secondary N) is 1. The maximum absolute atomic E-state index is 13.3. The summed E-state index contributed by atoms with van der Waals surface area (Å²) in [6, 6.07) is 11.4. The van der Waals surface area contributed by atoms with Gasteiger partial charge in [-0.05, 0) is 30.9 Å². The fourth-order valence-corrected chi connectivity index (χ4v) is 3.98. The maximum Gasteiger partial charge on any atom is 0.252 e. The predicted octanol–water partition coefficient (Wildman–Crippen LogP) is 3.68. The number of para-hydroxylation sites is 1. The Bertz CT molecular complexity index is 1050. The lowest BCUT2D eigenvalue weighted by Gasteiger charge is -2.17. The second-order valence-corrected chi connectivity index (χ2v) is 6.98. The number of nitrogens with zero attached hydrogens (tertiary/aromatic N) is 1. The first-order valence-corrected chi connectivity index (χ1v) is 9.63. The van der Waals surface area contributed by atoms with Gasteiger partial charge in [-0.15, -0.1) is 0 Å². The molecule has 0 bridgehead atoms. The monoisotopic (exact) mass is 392 g/mol. The van der Waals surface area contributed by atoms with Crippen molar-refractivity contribution in [1.82, 2.24) is 10.3 Å². The van der Waals surface area contributed by atoms with Crippen molar-refractivity contribution >= 4 is 16.8 Å². The van der Waals surface area contributed by atoms with E-state index in [1.54, 1.807) is 33.5 Å². The molecule has 1 N–H and O–H groups in total. The van der Waals surface area contributed by atoms with Crippen molar-refractivity contribution in [3.05, 3.63) is 58.8 Å². The average Bonchev–Trinajstić information content (AvgIpc) is 3.22. The van der Waals surface area contributed by atoms with Gasteiger partial charge in [-0.2, -0.15) is 0 Å². The first-order valence-electron chi connectivity index (χ1n) is 9.63. The number of methoxy groups -OCH3 is 3. The lowest BCUT2D eigenvalue weighted by Crippen LogP contribution is -2.25. The Morgan fingerprint density at radius 3 is 2.45 bits per heavy atom. The van der Waals surface area contributed by atoms with Crippen LogP contribution in [0.25, 0.3) is 10.9 Å². The number of aromatic nitrogens is 1. The number of benzene rings is 2. The third-order valence-electron chi connectivity index (χ3n) is 5.39. The van der Waals surface area contributed by atoms with Crippen LogP contribution in [-0.2, 0) is 19.4 Å². The number of rotatable bonds is 6. The Balaban J connectivity index is 1.69. The highest BCUT2D eigenvalue weighted by Crippen LogP contribution is 2.34. The molecule has 0 saturated carbocycles. The van der Waals surface area contributed by atoms with Crippen LogP contribution in [0.2, 0.25) is 0 Å². The molecule has 4 rings (SSSR count). The predicted molar refractivity (Wildman–Crippen MR) is 111 cm³/mol. The molecule has 3 aromatic rings. The van der Waals surface area contributed by atoms with Crippen molar-refractivity contribution in [3.63, 3.8) is 0 Å². The standard InChI is InChI=1S/C23H24N2O4/c1-27-14-11-20(28-2)17(21(12-14)29-3)13-24-23(26)22-15-7-4-5-9-18(15)25-19-10-6-8-16(19)22/h4-5,7,9,11-12H,6,8,10,13H2,1-3H3,(H,24,26). The molecule has 1 aromatic heterocycles. The average molecular weight is 392 g/mol. The zero-order valence-corrected chi connectivity index (χ0v) is 16.9. The first-order chi connectivity index (χ1) is 14.2. The van der Waals surface area contributed by atoms with Crippen LogP contribution in [-0.4, -0.2) is 32.2 Å². The number of carbonyl (C=O) groups is 1. The summed E-state index contributed by atoms with van der Waals surface area (Å²) in [6.07, 6.45) is 2.82. The van der Waals surface area contributed by atoms with E-state index in [-0.39, 0.29) is 12.5 Å². The van der Waals surface area contributed by atoms with E-state index in [9.17, 15) is 4.79 Å². The molecule has 6 heteroatoms. The lowest BCUT2D eigenvalue weighted by molar-refractivity contribution is 0.0951. The van der Waals surface area contributed by atoms with Crippen molar-refractivity contribution in [1.29, 1.82) is 0 Å². The number of amides is 1. The topological polar surface area (TPSA) is 69.7 Å². The summed E-state index contributed by atoms with van der Waals surface area (Å²) in [5, 5.41) is 3.94. The van der Waals surface area contributed by atoms with E-state index < -0.39 is 0 Å². The van der Waals surface area contributed by atoms with Gasteiger partial charge >= 0.3 is 0 Å². The molecule has 0 radical (unpaired) electrons. The number of fused-ring (bicyclic) bond motifs is 2. The van der Waals surface area contributed by atoms with Gasteiger partial charge in [-0.3, -0.25) is 9.78 Å². The van der Waals surface area contributed by atoms with Crippen LogP contribution < -0.4 is 19.5 Å². The van der Waals surface area contributed by atoms with Gasteiger partial charge in [0.05, 0.1) is 44.5 Å². The molecule has 6 nitrogen and oxygen atoms in total. The molecular formula is C23H24N2O4. The highest BCUT2D eigenvalue weighted by atomic mass is 16.5. The minimum absolute atomic E-state index is 0.110. The quantitative estimate of drug-likeness (QED) is 0.693. The third-order valence-corrected chi connectivity index (χ3v) is 5.39. The molecule has 0 atom stereocenters. The van der Waals surface area contributed by atoms with Gasteiger partial charge in [0.15, 0.2) is 0 Å². The molecule has 0 saturated heterocycles. The van der Waals surface area contributed by atoms with E-state index >= 15 is 0 Å². The molecular weight excluding hydrogens is 368 g/mol. The van der Waals surface area contributed by atoms with E-state index in [1.165, 1.54) is 0 Å². The normalized spacial score (nSPS) is 12.5. The van der Waals surface area contributed by atoms with E-state index in [2.05, 4.69) is 5.32 Å². The van der Waals surface area contributed by atoms with Gasteiger partial charge in [-0.25, -0.2) is 0 Å². The van der Waals surface area contributed by atoms with Crippen LogP contribution in [0.3, 0.4) is 0 Å². The third kappa shape index (κ3) is 3.46. The van der Waals surface area contributed by atoms with Crippen molar-refractivity contribution in [2.45, 2.75) is 25.8 Å². The summed E-state index contributed by atoms with van der Waals surface area (Å²) in [4.78, 5) is 18.0. The molecule has 1 aliphatic carbocycles. The summed E-state index contributed by atoms with van der Waals surface area (Å²) in [5.74, 6) is 1.73. The van der Waals surface area contributed by atoms with E-state index in [1.807, 2.05) is 24.3 Å². The Hall–Kier alpha value is -3.28. The smallest absolute Gasteiger partial charge is 0.252 e. The summed E-state index contributed by atoms with van der Waals surface area (Å²) in [5.41, 5.74) is 4.45. The Kier molecular flexibility index (Phi) is 5.25. The molecule has 1 aliphatic rings. The molecule has 0 fully saturated rings. The van der Waals surface area contributed by atoms with Crippen molar-refractivity contribution in [2.24, 2.45) is 0 Å². The number of hydrogen-bond acceptors (Lipinski definition) is 5. The Labute approximate surface area is 169 Å². The molecule has 1 amide bonds. The molecule has 0 spiro atoms. The van der Waals surface area contributed by atoms with Crippen molar-refractivity contribution in [3.8, 4) is 17.2 Å². The van der Waals surface area contributed by atoms with Crippen LogP contribution in [0.5, 0.6) is 17.2 Å². The van der Waals surface area contributed by atoms with Crippen LogP contribution in [0.4, 0.5) is 0 Å². The fourth-order valence-electron chi connectivity index (χ4n) is 3.98. The Morgan fingerprint density at radius 2 is 1.76 bits per heavy atom. The van der Waals surface area contributed by atoms with Gasteiger partial charge < -0.3 is 19.5 Å². The highest BCUT2D eigenvalue weighted by molar-refractivity contribution is 6.07. The van der Waals surface area contributed by atoms with Gasteiger partial charge in [0.1, 0.15) is 17.2 Å². The summed E-state index contributed by atoms with van der Waals surface area (Å²) < 4.78 is 16.3. The molecule has 0 unspecified atom stereocenters. The zero-order valence-electron chi connectivity index (χ0n) is 16.9. The van der Waals surface area contributed by atoms with Gasteiger partial charge in [0, 0.05) is 23.2 Å². The molecule has 2 aromatic carbocycles. The number of ether oxygens (including phenoxy) is 3.